The summed E-state index contributed by atoms with van der Waals surface area (Å²) in [5, 5.41) is 10.3. The maximum absolute atomic E-state index is 14.3. The van der Waals surface area contributed by atoms with Gasteiger partial charge in [-0.2, -0.15) is 0 Å². The van der Waals surface area contributed by atoms with Crippen LogP contribution in [0.4, 0.5) is 11.4 Å². The molecule has 2 aromatic carbocycles. The zero-order valence-electron chi connectivity index (χ0n) is 23.0. The van der Waals surface area contributed by atoms with Crippen LogP contribution in [0.1, 0.15) is 56.6 Å². The Morgan fingerprint density at radius 3 is 2.49 bits per heavy atom. The Morgan fingerprint density at radius 2 is 1.79 bits per heavy atom. The van der Waals surface area contributed by atoms with Crippen LogP contribution in [0.3, 0.4) is 0 Å². The van der Waals surface area contributed by atoms with E-state index in [-0.39, 0.29) is 29.9 Å². The molecule has 0 unspecified atom stereocenters. The third-order valence-electron chi connectivity index (χ3n) is 8.77. The highest BCUT2D eigenvalue weighted by Gasteiger charge is 2.66. The van der Waals surface area contributed by atoms with Gasteiger partial charge in [0.15, 0.2) is 13.9 Å². The van der Waals surface area contributed by atoms with Crippen molar-refractivity contribution in [3.8, 4) is 0 Å². The number of halogens is 1. The predicted molar refractivity (Wildman–Crippen MR) is 155 cm³/mol. The van der Waals surface area contributed by atoms with Crippen LogP contribution in [-0.4, -0.2) is 49.3 Å². The molecule has 2 aromatic rings. The van der Waals surface area contributed by atoms with Crippen molar-refractivity contribution in [2.45, 2.75) is 82.3 Å². The smallest absolute Gasteiger partial charge is 0.264 e. The molecule has 1 spiro atoms. The molecule has 0 radical (unpaired) electrons. The van der Waals surface area contributed by atoms with Crippen molar-refractivity contribution >= 4 is 43.1 Å². The van der Waals surface area contributed by atoms with Crippen molar-refractivity contribution in [3.05, 3.63) is 58.6 Å². The minimum Gasteiger partial charge on any atom is -0.432 e. The number of aliphatic hydroxyl groups is 1. The van der Waals surface area contributed by atoms with Crippen molar-refractivity contribution in [2.75, 3.05) is 23.0 Å². The number of rotatable bonds is 6. The van der Waals surface area contributed by atoms with Gasteiger partial charge in [0, 0.05) is 47.3 Å². The molecule has 39 heavy (non-hydrogen) atoms. The molecule has 2 saturated heterocycles. The third-order valence-corrected chi connectivity index (χ3v) is 11.5. The number of benzene rings is 2. The average molecular weight is 571 g/mol. The summed E-state index contributed by atoms with van der Waals surface area (Å²) in [5.41, 5.74) is 1.80. The summed E-state index contributed by atoms with van der Waals surface area (Å²) >= 11 is 6.44. The molecule has 3 aliphatic rings. The quantitative estimate of drug-likeness (QED) is 0.456. The second kappa shape index (κ2) is 11.0. The fourth-order valence-corrected chi connectivity index (χ4v) is 9.78. The standard InChI is InChI=1S/C30H39ClN2O5Si/c1-20-28(39(2,3)37)26(15-17-34)38-30(20)24-18-22(31)11-14-25(24)33(29(30)36)19-21-9-12-23(13-10-21)32-16-7-5-4-6-8-27(32)35/h9-14,18,20,26,28,34,37H,4-8,15-17,19H2,1-3H3/t20-,26+,28-,30+/m0/s1. The van der Waals surface area contributed by atoms with Gasteiger partial charge in [0.05, 0.1) is 18.3 Å². The Balaban J connectivity index is 1.46. The third kappa shape index (κ3) is 5.06. The van der Waals surface area contributed by atoms with Gasteiger partial charge in [-0.1, -0.05) is 43.5 Å². The van der Waals surface area contributed by atoms with E-state index in [0.29, 0.717) is 24.4 Å². The first-order valence-corrected chi connectivity index (χ1v) is 17.5. The zero-order chi connectivity index (χ0) is 27.9. The molecule has 2 N–H and O–H groups in total. The molecular formula is C30H39ClN2O5Si. The van der Waals surface area contributed by atoms with Crippen molar-refractivity contribution in [3.63, 3.8) is 0 Å². The van der Waals surface area contributed by atoms with Crippen LogP contribution in [0, 0.1) is 5.92 Å². The van der Waals surface area contributed by atoms with E-state index in [1.807, 2.05) is 61.3 Å². The number of hydrogen-bond acceptors (Lipinski definition) is 5. The maximum Gasteiger partial charge on any atom is 0.264 e. The van der Waals surface area contributed by atoms with Gasteiger partial charge < -0.3 is 24.4 Å². The van der Waals surface area contributed by atoms with Gasteiger partial charge in [0.2, 0.25) is 5.91 Å². The van der Waals surface area contributed by atoms with E-state index in [1.165, 1.54) is 0 Å². The maximum atomic E-state index is 14.3. The molecule has 3 aliphatic heterocycles. The highest BCUT2D eigenvalue weighted by molar-refractivity contribution is 6.71. The lowest BCUT2D eigenvalue weighted by Gasteiger charge is -2.32. The number of nitrogens with zero attached hydrogens (tertiary/aromatic N) is 2. The van der Waals surface area contributed by atoms with Gasteiger partial charge in [0.25, 0.3) is 5.91 Å². The summed E-state index contributed by atoms with van der Waals surface area (Å²) < 4.78 is 6.62. The van der Waals surface area contributed by atoms with Crippen molar-refractivity contribution in [1.82, 2.24) is 0 Å². The highest BCUT2D eigenvalue weighted by atomic mass is 35.5. The molecule has 210 valence electrons. The van der Waals surface area contributed by atoms with Gasteiger partial charge in [-0.25, -0.2) is 0 Å². The fraction of sp³-hybridized carbons (Fsp3) is 0.533. The van der Waals surface area contributed by atoms with E-state index in [0.717, 1.165) is 54.7 Å². The minimum atomic E-state index is -2.75. The SMILES string of the molecule is C[C@H]1[C@H]([Si](C)(C)O)[C@@H](CCO)O[C@]12C(=O)N(Cc1ccc(N3CCCCCCC3=O)cc1)c1ccc(Cl)cc12. The Hall–Kier alpha value is -2.23. The molecule has 3 heterocycles. The molecule has 2 amide bonds. The highest BCUT2D eigenvalue weighted by Crippen LogP contribution is 2.60. The van der Waals surface area contributed by atoms with Gasteiger partial charge in [-0.3, -0.25) is 9.59 Å². The van der Waals surface area contributed by atoms with E-state index in [9.17, 15) is 19.5 Å². The van der Waals surface area contributed by atoms with Crippen molar-refractivity contribution in [2.24, 2.45) is 5.92 Å². The number of carbonyl (C=O) groups is 2. The molecule has 0 aromatic heterocycles. The van der Waals surface area contributed by atoms with E-state index in [1.54, 1.807) is 11.0 Å². The lowest BCUT2D eigenvalue weighted by molar-refractivity contribution is -0.146. The van der Waals surface area contributed by atoms with Gasteiger partial charge in [0.1, 0.15) is 0 Å². The molecule has 5 rings (SSSR count). The summed E-state index contributed by atoms with van der Waals surface area (Å²) in [6.45, 7) is 6.71. The van der Waals surface area contributed by atoms with Crippen LogP contribution in [0.5, 0.6) is 0 Å². The lowest BCUT2D eigenvalue weighted by Crippen LogP contribution is -2.46. The topological polar surface area (TPSA) is 90.3 Å². The van der Waals surface area contributed by atoms with E-state index in [4.69, 9.17) is 16.3 Å². The number of hydrogen-bond donors (Lipinski definition) is 2. The molecule has 4 atom stereocenters. The van der Waals surface area contributed by atoms with E-state index in [2.05, 4.69) is 0 Å². The molecule has 0 bridgehead atoms. The number of aliphatic hydroxyl groups excluding tert-OH is 1. The van der Waals surface area contributed by atoms with Crippen LogP contribution in [-0.2, 0) is 26.5 Å². The van der Waals surface area contributed by atoms with Gasteiger partial charge in [-0.05, 0) is 68.3 Å². The number of fused-ring (bicyclic) bond motifs is 2. The number of carbonyl (C=O) groups excluding carboxylic acids is 2. The lowest BCUT2D eigenvalue weighted by atomic mass is 9.82. The average Bonchev–Trinajstić information content (AvgIpc) is 3.29. The van der Waals surface area contributed by atoms with Crippen molar-refractivity contribution in [1.29, 1.82) is 0 Å². The molecule has 0 saturated carbocycles. The summed E-state index contributed by atoms with van der Waals surface area (Å²) in [6.07, 6.45) is 4.69. The van der Waals surface area contributed by atoms with E-state index < -0.39 is 20.0 Å². The first kappa shape index (κ1) is 28.3. The van der Waals surface area contributed by atoms with Crippen LogP contribution in [0.25, 0.3) is 0 Å². The molecular weight excluding hydrogens is 532 g/mol. The molecule has 9 heteroatoms. The second-order valence-corrected chi connectivity index (χ2v) is 16.2. The van der Waals surface area contributed by atoms with E-state index >= 15 is 0 Å². The molecule has 2 fully saturated rings. The van der Waals surface area contributed by atoms with Crippen LogP contribution < -0.4 is 9.80 Å². The summed E-state index contributed by atoms with van der Waals surface area (Å²) in [5.74, 6) is -0.297. The first-order valence-electron chi connectivity index (χ1n) is 14.1. The monoisotopic (exact) mass is 570 g/mol. The Morgan fingerprint density at radius 1 is 1.08 bits per heavy atom. The van der Waals surface area contributed by atoms with Crippen molar-refractivity contribution < 1.29 is 24.2 Å². The van der Waals surface area contributed by atoms with Crippen LogP contribution in [0.15, 0.2) is 42.5 Å². The second-order valence-electron chi connectivity index (χ2n) is 11.8. The Kier molecular flexibility index (Phi) is 7.96. The predicted octanol–water partition coefficient (Wildman–Crippen LogP) is 5.36. The van der Waals surface area contributed by atoms with Gasteiger partial charge >= 0.3 is 0 Å². The normalized spacial score (nSPS) is 27.7. The fourth-order valence-electron chi connectivity index (χ4n) is 7.00. The minimum absolute atomic E-state index is 0.0827. The number of amides is 2. The first-order chi connectivity index (χ1) is 18.6. The summed E-state index contributed by atoms with van der Waals surface area (Å²) in [7, 11) is -2.75. The largest absolute Gasteiger partial charge is 0.432 e. The van der Waals surface area contributed by atoms with Crippen LogP contribution >= 0.6 is 11.6 Å². The molecule has 7 nitrogen and oxygen atoms in total. The molecule has 0 aliphatic carbocycles. The number of ether oxygens (including phenoxy) is 1. The van der Waals surface area contributed by atoms with Gasteiger partial charge in [-0.15, -0.1) is 0 Å². The Labute approximate surface area is 236 Å². The van der Waals surface area contributed by atoms with Crippen LogP contribution in [0.2, 0.25) is 23.7 Å². The summed E-state index contributed by atoms with van der Waals surface area (Å²) in [4.78, 5) is 41.9. The zero-order valence-corrected chi connectivity index (χ0v) is 24.8. The summed E-state index contributed by atoms with van der Waals surface area (Å²) in [6, 6.07) is 13.4. The Bertz CT molecular complexity index is 1230. The number of anilines is 2.